The van der Waals surface area contributed by atoms with Crippen LogP contribution in [0.5, 0.6) is 5.75 Å². The van der Waals surface area contributed by atoms with Gasteiger partial charge in [-0.15, -0.1) is 0 Å². The van der Waals surface area contributed by atoms with Gasteiger partial charge in [-0.25, -0.2) is 0 Å². The van der Waals surface area contributed by atoms with Crippen LogP contribution in [0.2, 0.25) is 0 Å². The molecule has 0 aliphatic carbocycles. The van der Waals surface area contributed by atoms with Crippen LogP contribution < -0.4 is 10.1 Å². The number of piperazine rings is 1. The van der Waals surface area contributed by atoms with E-state index in [0.29, 0.717) is 6.61 Å². The van der Waals surface area contributed by atoms with Crippen LogP contribution in [0, 0.1) is 0 Å². The molecule has 1 heterocycles. The number of nitrogens with one attached hydrogen (secondary N) is 1. The summed E-state index contributed by atoms with van der Waals surface area (Å²) in [5, 5.41) is 3.38. The first-order chi connectivity index (χ1) is 9.24. The lowest BCUT2D eigenvalue weighted by atomic mass is 10.1. The zero-order valence-corrected chi connectivity index (χ0v) is 11.8. The lowest BCUT2D eigenvalue weighted by Gasteiger charge is -2.27. The van der Waals surface area contributed by atoms with Crippen LogP contribution >= 0.6 is 0 Å². The fourth-order valence-corrected chi connectivity index (χ4v) is 2.18. The molecule has 1 aliphatic rings. The average Bonchev–Trinajstić information content (AvgIpc) is 2.45. The molecule has 1 aromatic rings. The summed E-state index contributed by atoms with van der Waals surface area (Å²) < 4.78 is 5.60. The average molecular weight is 260 g/mol. The third-order valence-corrected chi connectivity index (χ3v) is 3.33. The van der Waals surface area contributed by atoms with Crippen LogP contribution in [-0.4, -0.2) is 44.2 Å². The minimum atomic E-state index is 0.597. The van der Waals surface area contributed by atoms with Gasteiger partial charge in [-0.3, -0.25) is 0 Å². The molecule has 2 rings (SSSR count). The van der Waals surface area contributed by atoms with Crippen molar-refractivity contribution < 1.29 is 4.74 Å². The van der Waals surface area contributed by atoms with E-state index >= 15 is 0 Å². The van der Waals surface area contributed by atoms with Gasteiger partial charge in [0.15, 0.2) is 0 Å². The van der Waals surface area contributed by atoms with Crippen molar-refractivity contribution in [2.45, 2.75) is 13.3 Å². The summed E-state index contributed by atoms with van der Waals surface area (Å²) in [6.07, 6.45) is 1.11. The summed E-state index contributed by atoms with van der Waals surface area (Å²) in [7, 11) is 0. The number of ether oxygens (including phenoxy) is 1. The molecule has 1 fully saturated rings. The molecule has 0 bridgehead atoms. The van der Waals surface area contributed by atoms with Gasteiger partial charge in [0.25, 0.3) is 0 Å². The summed E-state index contributed by atoms with van der Waals surface area (Å²) >= 11 is 0. The summed E-state index contributed by atoms with van der Waals surface area (Å²) in [6, 6.07) is 8.43. The van der Waals surface area contributed by atoms with Gasteiger partial charge in [0, 0.05) is 32.7 Å². The second-order valence-corrected chi connectivity index (χ2v) is 5.23. The molecular formula is C16H24N2O. The standard InChI is InChI=1S/C16H24N2O/c1-14(2)13-19-16-5-3-15(4-6-16)7-10-18-11-8-17-9-12-18/h3-6,17H,1,7-13H2,2H3. The van der Waals surface area contributed by atoms with Crippen molar-refractivity contribution >= 4 is 0 Å². The second-order valence-electron chi connectivity index (χ2n) is 5.23. The van der Waals surface area contributed by atoms with Crippen molar-refractivity contribution in [3.8, 4) is 5.75 Å². The maximum atomic E-state index is 5.60. The molecule has 1 aromatic carbocycles. The highest BCUT2D eigenvalue weighted by atomic mass is 16.5. The highest BCUT2D eigenvalue weighted by Crippen LogP contribution is 2.13. The first-order valence-electron chi connectivity index (χ1n) is 7.03. The van der Waals surface area contributed by atoms with Crippen molar-refractivity contribution in [1.82, 2.24) is 10.2 Å². The topological polar surface area (TPSA) is 24.5 Å². The van der Waals surface area contributed by atoms with Crippen molar-refractivity contribution in [1.29, 1.82) is 0 Å². The molecule has 0 saturated carbocycles. The summed E-state index contributed by atoms with van der Waals surface area (Å²) in [6.45, 7) is 12.1. The molecule has 0 unspecified atom stereocenters. The van der Waals surface area contributed by atoms with Crippen molar-refractivity contribution in [3.63, 3.8) is 0 Å². The molecule has 0 spiro atoms. The van der Waals surface area contributed by atoms with Gasteiger partial charge in [0.05, 0.1) is 0 Å². The maximum absolute atomic E-state index is 5.60. The van der Waals surface area contributed by atoms with Crippen LogP contribution in [0.1, 0.15) is 12.5 Å². The fraction of sp³-hybridized carbons (Fsp3) is 0.500. The lowest BCUT2D eigenvalue weighted by Crippen LogP contribution is -2.44. The van der Waals surface area contributed by atoms with E-state index in [1.165, 1.54) is 18.7 Å². The Balaban J connectivity index is 1.76. The minimum absolute atomic E-state index is 0.597. The van der Waals surface area contributed by atoms with Gasteiger partial charge in [-0.05, 0) is 36.6 Å². The number of benzene rings is 1. The smallest absolute Gasteiger partial charge is 0.119 e. The van der Waals surface area contributed by atoms with E-state index < -0.39 is 0 Å². The SMILES string of the molecule is C=C(C)COc1ccc(CCN2CCNCC2)cc1. The predicted octanol–water partition coefficient (Wildman–Crippen LogP) is 2.09. The van der Waals surface area contributed by atoms with E-state index in [1.54, 1.807) is 0 Å². The van der Waals surface area contributed by atoms with E-state index in [9.17, 15) is 0 Å². The van der Waals surface area contributed by atoms with Crippen molar-refractivity contribution in [2.24, 2.45) is 0 Å². The minimum Gasteiger partial charge on any atom is -0.489 e. The third-order valence-electron chi connectivity index (χ3n) is 3.33. The highest BCUT2D eigenvalue weighted by molar-refractivity contribution is 5.27. The van der Waals surface area contributed by atoms with E-state index in [4.69, 9.17) is 4.74 Å². The molecule has 3 nitrogen and oxygen atoms in total. The first-order valence-corrected chi connectivity index (χ1v) is 7.03. The summed E-state index contributed by atoms with van der Waals surface area (Å²) in [5.74, 6) is 0.925. The van der Waals surface area contributed by atoms with E-state index in [0.717, 1.165) is 37.4 Å². The van der Waals surface area contributed by atoms with Gasteiger partial charge in [0.1, 0.15) is 12.4 Å². The largest absolute Gasteiger partial charge is 0.489 e. The number of nitrogens with zero attached hydrogens (tertiary/aromatic N) is 1. The molecule has 3 heteroatoms. The van der Waals surface area contributed by atoms with Gasteiger partial charge in [-0.1, -0.05) is 18.7 Å². The second kappa shape index (κ2) is 7.31. The Labute approximate surface area is 116 Å². The number of hydrogen-bond donors (Lipinski definition) is 1. The molecule has 0 radical (unpaired) electrons. The van der Waals surface area contributed by atoms with E-state index in [2.05, 4.69) is 41.1 Å². The van der Waals surface area contributed by atoms with Crippen molar-refractivity contribution in [2.75, 3.05) is 39.3 Å². The Morgan fingerprint density at radius 2 is 1.95 bits per heavy atom. The molecule has 1 saturated heterocycles. The molecule has 0 atom stereocenters. The normalized spacial score (nSPS) is 16.3. The summed E-state index contributed by atoms with van der Waals surface area (Å²) in [5.41, 5.74) is 2.42. The van der Waals surface area contributed by atoms with Crippen LogP contribution in [0.4, 0.5) is 0 Å². The zero-order valence-electron chi connectivity index (χ0n) is 11.8. The molecule has 0 amide bonds. The first kappa shape index (κ1) is 14.1. The van der Waals surface area contributed by atoms with Crippen LogP contribution in [0.3, 0.4) is 0 Å². The molecule has 104 valence electrons. The Kier molecular flexibility index (Phi) is 5.43. The molecule has 19 heavy (non-hydrogen) atoms. The molecule has 1 aliphatic heterocycles. The quantitative estimate of drug-likeness (QED) is 0.793. The fourth-order valence-electron chi connectivity index (χ4n) is 2.18. The Morgan fingerprint density at radius 3 is 2.58 bits per heavy atom. The molecule has 1 N–H and O–H groups in total. The van der Waals surface area contributed by atoms with Gasteiger partial charge < -0.3 is 15.0 Å². The number of hydrogen-bond acceptors (Lipinski definition) is 3. The van der Waals surface area contributed by atoms with Gasteiger partial charge in [0.2, 0.25) is 0 Å². The third kappa shape index (κ3) is 5.05. The summed E-state index contributed by atoms with van der Waals surface area (Å²) in [4.78, 5) is 2.52. The molecule has 0 aromatic heterocycles. The van der Waals surface area contributed by atoms with Gasteiger partial charge in [-0.2, -0.15) is 0 Å². The Morgan fingerprint density at radius 1 is 1.26 bits per heavy atom. The zero-order chi connectivity index (χ0) is 13.5. The monoisotopic (exact) mass is 260 g/mol. The van der Waals surface area contributed by atoms with E-state index in [-0.39, 0.29) is 0 Å². The van der Waals surface area contributed by atoms with E-state index in [1.807, 2.05) is 6.92 Å². The highest BCUT2D eigenvalue weighted by Gasteiger charge is 2.08. The number of rotatable bonds is 6. The Hall–Kier alpha value is -1.32. The van der Waals surface area contributed by atoms with Crippen LogP contribution in [0.25, 0.3) is 0 Å². The van der Waals surface area contributed by atoms with Crippen LogP contribution in [0.15, 0.2) is 36.4 Å². The Bertz CT molecular complexity index is 394. The van der Waals surface area contributed by atoms with Gasteiger partial charge >= 0.3 is 0 Å². The lowest BCUT2D eigenvalue weighted by molar-refractivity contribution is 0.244. The maximum Gasteiger partial charge on any atom is 0.119 e. The van der Waals surface area contributed by atoms with Crippen molar-refractivity contribution in [3.05, 3.63) is 42.0 Å². The predicted molar refractivity (Wildman–Crippen MR) is 79.8 cm³/mol. The van der Waals surface area contributed by atoms with Crippen LogP contribution in [-0.2, 0) is 6.42 Å². The molecular weight excluding hydrogens is 236 g/mol.